The number of pyridine rings is 1. The molecule has 1 amide bonds. The molecule has 2 saturated heterocycles. The molecule has 0 spiro atoms. The lowest BCUT2D eigenvalue weighted by atomic mass is 9.91. The van der Waals surface area contributed by atoms with Crippen molar-refractivity contribution >= 4 is 46.1 Å². The van der Waals surface area contributed by atoms with Gasteiger partial charge in [0.05, 0.1) is 11.4 Å². The third-order valence-corrected chi connectivity index (χ3v) is 8.74. The van der Waals surface area contributed by atoms with Gasteiger partial charge >= 0.3 is 0 Å². The summed E-state index contributed by atoms with van der Waals surface area (Å²) < 4.78 is 2.29. The van der Waals surface area contributed by atoms with E-state index in [-0.39, 0.29) is 17.0 Å². The second-order valence-corrected chi connectivity index (χ2v) is 12.4. The van der Waals surface area contributed by atoms with E-state index in [2.05, 4.69) is 31.7 Å². The molecule has 0 aliphatic carbocycles. The summed E-state index contributed by atoms with van der Waals surface area (Å²) in [6, 6.07) is 10.2. The lowest BCUT2D eigenvalue weighted by Gasteiger charge is -2.39. The van der Waals surface area contributed by atoms with Crippen LogP contribution in [0.2, 0.25) is 0 Å². The van der Waals surface area contributed by atoms with Crippen LogP contribution in [0.1, 0.15) is 67.9 Å². The van der Waals surface area contributed by atoms with Gasteiger partial charge < -0.3 is 4.90 Å². The molecule has 8 heteroatoms. The van der Waals surface area contributed by atoms with Gasteiger partial charge in [0.1, 0.15) is 21.8 Å². The number of carbonyl (C=O) groups is 1. The van der Waals surface area contributed by atoms with E-state index >= 15 is 0 Å². The van der Waals surface area contributed by atoms with Crippen LogP contribution in [0.3, 0.4) is 0 Å². The number of benzene rings is 1. The van der Waals surface area contributed by atoms with Crippen LogP contribution in [0, 0.1) is 37.0 Å². The van der Waals surface area contributed by atoms with Gasteiger partial charge in [0.15, 0.2) is 0 Å². The second-order valence-electron chi connectivity index (χ2n) is 10.8. The molecule has 2 aromatic rings. The highest BCUT2D eigenvalue weighted by Crippen LogP contribution is 2.38. The first kappa shape index (κ1) is 28.1. The summed E-state index contributed by atoms with van der Waals surface area (Å²) in [4.78, 5) is 31.6. The summed E-state index contributed by atoms with van der Waals surface area (Å²) in [5, 5.41) is 9.94. The van der Waals surface area contributed by atoms with Gasteiger partial charge in [0.2, 0.25) is 0 Å². The molecule has 0 bridgehead atoms. The van der Waals surface area contributed by atoms with E-state index in [0.29, 0.717) is 39.7 Å². The van der Waals surface area contributed by atoms with Crippen molar-refractivity contribution in [3.8, 4) is 6.07 Å². The summed E-state index contributed by atoms with van der Waals surface area (Å²) >= 11 is 6.90. The second kappa shape index (κ2) is 11.9. The first-order chi connectivity index (χ1) is 18.1. The number of aryl methyl sites for hydroxylation is 1. The molecule has 3 heterocycles. The van der Waals surface area contributed by atoms with E-state index in [0.717, 1.165) is 54.9 Å². The zero-order valence-electron chi connectivity index (χ0n) is 22.9. The van der Waals surface area contributed by atoms with Crippen LogP contribution < -0.4 is 10.5 Å². The predicted octanol–water partition coefficient (Wildman–Crippen LogP) is 6.02. The molecule has 2 atom stereocenters. The van der Waals surface area contributed by atoms with Gasteiger partial charge in [-0.3, -0.25) is 19.1 Å². The minimum absolute atomic E-state index is 0.142. The minimum atomic E-state index is -0.247. The van der Waals surface area contributed by atoms with E-state index in [1.807, 2.05) is 44.2 Å². The summed E-state index contributed by atoms with van der Waals surface area (Å²) in [6.45, 7) is 13.0. The molecule has 0 radical (unpaired) electrons. The lowest BCUT2D eigenvalue weighted by molar-refractivity contribution is -0.122. The van der Waals surface area contributed by atoms with Crippen molar-refractivity contribution in [1.29, 1.82) is 5.26 Å². The molecule has 0 saturated carbocycles. The van der Waals surface area contributed by atoms with Crippen LogP contribution >= 0.6 is 24.0 Å². The average molecular weight is 549 g/mol. The van der Waals surface area contributed by atoms with Crippen molar-refractivity contribution in [3.05, 3.63) is 67.3 Å². The molecule has 2 aliphatic heterocycles. The quantitative estimate of drug-likeness (QED) is 0.311. The number of aromatic nitrogens is 1. The monoisotopic (exact) mass is 548 g/mol. The first-order valence-electron chi connectivity index (χ1n) is 13.4. The summed E-state index contributed by atoms with van der Waals surface area (Å²) in [6.07, 6.45) is 4.77. The van der Waals surface area contributed by atoms with E-state index in [1.165, 1.54) is 11.8 Å². The Hall–Kier alpha value is -2.89. The maximum Gasteiger partial charge on any atom is 0.270 e. The zero-order chi connectivity index (χ0) is 27.6. The van der Waals surface area contributed by atoms with Crippen molar-refractivity contribution in [2.24, 2.45) is 11.8 Å². The number of nitrogens with zero attached hydrogens (tertiary/aromatic N) is 4. The fourth-order valence-corrected chi connectivity index (χ4v) is 6.72. The molecule has 1 aromatic carbocycles. The Morgan fingerprint density at radius 3 is 2.39 bits per heavy atom. The van der Waals surface area contributed by atoms with Crippen LogP contribution in [0.5, 0.6) is 0 Å². The van der Waals surface area contributed by atoms with Crippen LogP contribution in [-0.4, -0.2) is 32.8 Å². The van der Waals surface area contributed by atoms with E-state index in [9.17, 15) is 14.9 Å². The molecule has 1 aromatic heterocycles. The van der Waals surface area contributed by atoms with Crippen molar-refractivity contribution in [2.75, 3.05) is 18.0 Å². The van der Waals surface area contributed by atoms with Gasteiger partial charge in [-0.1, -0.05) is 81.0 Å². The van der Waals surface area contributed by atoms with Gasteiger partial charge in [-0.25, -0.2) is 0 Å². The van der Waals surface area contributed by atoms with Gasteiger partial charge in [0, 0.05) is 25.2 Å². The number of hydrogen-bond donors (Lipinski definition) is 0. The van der Waals surface area contributed by atoms with Gasteiger partial charge in [-0.05, 0) is 55.7 Å². The SMILES string of the molecule is CCCCn1c(N2CC(C)CC(C)C2)c(/C=C2\SC(=S)N(Cc3ccc(C)cc3)C2=O)c(C)c(C#N)c1=O. The minimum Gasteiger partial charge on any atom is -0.357 e. The lowest BCUT2D eigenvalue weighted by Crippen LogP contribution is -2.43. The highest BCUT2D eigenvalue weighted by molar-refractivity contribution is 8.26. The highest BCUT2D eigenvalue weighted by Gasteiger charge is 2.34. The summed E-state index contributed by atoms with van der Waals surface area (Å²) in [5.41, 5.74) is 3.47. The van der Waals surface area contributed by atoms with Crippen molar-refractivity contribution in [1.82, 2.24) is 9.47 Å². The van der Waals surface area contributed by atoms with E-state index in [1.54, 1.807) is 9.47 Å². The Balaban J connectivity index is 1.83. The molecule has 2 unspecified atom stereocenters. The number of hydrogen-bond acceptors (Lipinski definition) is 6. The number of rotatable bonds is 7. The Morgan fingerprint density at radius 2 is 1.79 bits per heavy atom. The largest absolute Gasteiger partial charge is 0.357 e. The Bertz CT molecular complexity index is 1360. The third kappa shape index (κ3) is 5.74. The van der Waals surface area contributed by atoms with Crippen LogP contribution in [0.25, 0.3) is 6.08 Å². The van der Waals surface area contributed by atoms with Crippen LogP contribution in [0.15, 0.2) is 34.0 Å². The number of anilines is 1. The number of carbonyl (C=O) groups excluding carboxylic acids is 1. The van der Waals surface area contributed by atoms with Gasteiger partial charge in [0.25, 0.3) is 11.5 Å². The molecule has 0 N–H and O–H groups in total. The average Bonchev–Trinajstić information content (AvgIpc) is 3.13. The van der Waals surface area contributed by atoms with Crippen molar-refractivity contribution in [3.63, 3.8) is 0 Å². The van der Waals surface area contributed by atoms with E-state index < -0.39 is 0 Å². The summed E-state index contributed by atoms with van der Waals surface area (Å²) in [7, 11) is 0. The molecular formula is C30H36N4O2S2. The van der Waals surface area contributed by atoms with E-state index in [4.69, 9.17) is 12.2 Å². The number of piperidine rings is 1. The van der Waals surface area contributed by atoms with Crippen LogP contribution in [0.4, 0.5) is 5.82 Å². The normalized spacial score (nSPS) is 20.9. The number of thiocarbonyl (C=S) groups is 1. The predicted molar refractivity (Wildman–Crippen MR) is 160 cm³/mol. The Kier molecular flexibility index (Phi) is 8.79. The molecule has 38 heavy (non-hydrogen) atoms. The molecular weight excluding hydrogens is 512 g/mol. The highest BCUT2D eigenvalue weighted by atomic mass is 32.2. The van der Waals surface area contributed by atoms with Crippen molar-refractivity contribution < 1.29 is 4.79 Å². The van der Waals surface area contributed by atoms with Gasteiger partial charge in [-0.15, -0.1) is 0 Å². The molecule has 6 nitrogen and oxygen atoms in total. The molecule has 2 fully saturated rings. The zero-order valence-corrected chi connectivity index (χ0v) is 24.5. The number of nitriles is 1. The van der Waals surface area contributed by atoms with Gasteiger partial charge in [-0.2, -0.15) is 5.26 Å². The smallest absolute Gasteiger partial charge is 0.270 e. The first-order valence-corrected chi connectivity index (χ1v) is 14.6. The van der Waals surface area contributed by atoms with Crippen molar-refractivity contribution in [2.45, 2.75) is 67.0 Å². The fourth-order valence-electron chi connectivity index (χ4n) is 5.49. The number of thioether (sulfide) groups is 1. The molecule has 4 rings (SSSR count). The maximum absolute atomic E-state index is 13.6. The topological polar surface area (TPSA) is 69.3 Å². The number of unbranched alkanes of at least 4 members (excludes halogenated alkanes) is 1. The number of amides is 1. The standard InChI is InChI=1S/C30H36N4O2S2/c1-6-7-12-33-27(32-16-20(3)13-21(4)17-32)24(22(5)25(15-31)28(33)35)14-26-29(36)34(30(37)38-26)18-23-10-8-19(2)9-11-23/h8-11,14,20-21H,6-7,12-13,16-18H2,1-5H3/b26-14-. The maximum atomic E-state index is 13.6. The van der Waals surface area contributed by atoms with Crippen LogP contribution in [-0.2, 0) is 17.9 Å². The molecule has 200 valence electrons. The third-order valence-electron chi connectivity index (χ3n) is 7.36. The summed E-state index contributed by atoms with van der Waals surface area (Å²) in [5.74, 6) is 1.63. The Labute approximate surface area is 235 Å². The fraction of sp³-hybridized carbons (Fsp3) is 0.467. The Morgan fingerprint density at radius 1 is 1.13 bits per heavy atom. The molecule has 2 aliphatic rings.